The zero-order chi connectivity index (χ0) is 22.8. The first-order valence-electron chi connectivity index (χ1n) is 14.2. The Bertz CT molecular complexity index is 327. The Balaban J connectivity index is 3.91. The third-order valence-electron chi connectivity index (χ3n) is 6.50. The molecule has 184 valence electrons. The van der Waals surface area contributed by atoms with Crippen molar-refractivity contribution >= 4 is 0 Å². The van der Waals surface area contributed by atoms with Gasteiger partial charge in [-0.3, -0.25) is 0 Å². The Labute approximate surface area is 197 Å². The zero-order valence-electron chi connectivity index (χ0n) is 21.7. The fourth-order valence-electron chi connectivity index (χ4n) is 4.49. The van der Waals surface area contributed by atoms with E-state index in [0.29, 0.717) is 12.2 Å². The Morgan fingerprint density at radius 3 is 1.06 bits per heavy atom. The maximum atomic E-state index is 6.53. The molecule has 0 N–H and O–H groups in total. The van der Waals surface area contributed by atoms with Gasteiger partial charge in [0.1, 0.15) is 0 Å². The maximum Gasteiger partial charge on any atom is 0.0613 e. The lowest BCUT2D eigenvalue weighted by atomic mass is 10.0. The van der Waals surface area contributed by atoms with Crippen LogP contribution < -0.4 is 0 Å². The molecule has 0 saturated heterocycles. The topological polar surface area (TPSA) is 9.23 Å². The SMILES string of the molecule is C=CCC(CCCCCCCCCCC)OC(CC=C)CCCCCCCCCCC. The molecular weight excluding hydrogens is 376 g/mol. The molecule has 0 radical (unpaired) electrons. The zero-order valence-corrected chi connectivity index (χ0v) is 21.7. The summed E-state index contributed by atoms with van der Waals surface area (Å²) in [6, 6.07) is 0. The monoisotopic (exact) mass is 434 g/mol. The number of unbranched alkanes of at least 4 members (excludes halogenated alkanes) is 16. The van der Waals surface area contributed by atoms with Crippen molar-refractivity contribution in [1.29, 1.82) is 0 Å². The Morgan fingerprint density at radius 2 is 0.774 bits per heavy atom. The quantitative estimate of drug-likeness (QED) is 0.0971. The summed E-state index contributed by atoms with van der Waals surface area (Å²) in [5.41, 5.74) is 0. The molecule has 0 aliphatic rings. The molecule has 0 aromatic carbocycles. The highest BCUT2D eigenvalue weighted by molar-refractivity contribution is 4.78. The highest BCUT2D eigenvalue weighted by atomic mass is 16.5. The van der Waals surface area contributed by atoms with Crippen LogP contribution in [0.1, 0.15) is 155 Å². The summed E-state index contributed by atoms with van der Waals surface area (Å²) in [7, 11) is 0. The Hall–Kier alpha value is -0.560. The molecule has 0 fully saturated rings. The molecule has 0 aromatic heterocycles. The highest BCUT2D eigenvalue weighted by Gasteiger charge is 2.14. The lowest BCUT2D eigenvalue weighted by Crippen LogP contribution is -2.22. The smallest absolute Gasteiger partial charge is 0.0613 e. The van der Waals surface area contributed by atoms with Gasteiger partial charge >= 0.3 is 0 Å². The van der Waals surface area contributed by atoms with Crippen molar-refractivity contribution in [3.05, 3.63) is 25.3 Å². The third-order valence-corrected chi connectivity index (χ3v) is 6.50. The van der Waals surface area contributed by atoms with Gasteiger partial charge in [0.25, 0.3) is 0 Å². The number of hydrogen-bond donors (Lipinski definition) is 0. The average molecular weight is 435 g/mol. The summed E-state index contributed by atoms with van der Waals surface area (Å²) in [5, 5.41) is 0. The van der Waals surface area contributed by atoms with Crippen molar-refractivity contribution in [3.8, 4) is 0 Å². The van der Waals surface area contributed by atoms with Crippen molar-refractivity contribution < 1.29 is 4.74 Å². The highest BCUT2D eigenvalue weighted by Crippen LogP contribution is 2.20. The van der Waals surface area contributed by atoms with Crippen LogP contribution in [-0.2, 0) is 4.74 Å². The molecule has 0 rings (SSSR count). The van der Waals surface area contributed by atoms with Crippen LogP contribution in [0.3, 0.4) is 0 Å². The molecule has 0 heterocycles. The van der Waals surface area contributed by atoms with Crippen LogP contribution in [0.2, 0.25) is 0 Å². The molecule has 0 saturated carbocycles. The molecular formula is C30H58O. The molecule has 1 nitrogen and oxygen atoms in total. The van der Waals surface area contributed by atoms with E-state index in [0.717, 1.165) is 12.8 Å². The summed E-state index contributed by atoms with van der Waals surface area (Å²) in [6.45, 7) is 12.5. The van der Waals surface area contributed by atoms with Gasteiger partial charge in [0.15, 0.2) is 0 Å². The molecule has 0 aliphatic heterocycles. The summed E-state index contributed by atoms with van der Waals surface area (Å²) in [6.07, 6.45) is 34.1. The first-order chi connectivity index (χ1) is 15.3. The molecule has 0 bridgehead atoms. The second kappa shape index (κ2) is 25.7. The standard InChI is InChI=1S/C30H58O/c1-5-9-11-13-15-17-19-21-23-27-29(25-7-3)31-30(26-8-4)28-24-22-20-18-16-14-12-10-6-2/h7-8,29-30H,3-6,9-28H2,1-2H3. The minimum atomic E-state index is 0.352. The lowest BCUT2D eigenvalue weighted by molar-refractivity contribution is -0.0190. The fourth-order valence-corrected chi connectivity index (χ4v) is 4.49. The van der Waals surface area contributed by atoms with E-state index in [1.807, 2.05) is 12.2 Å². The fraction of sp³-hybridized carbons (Fsp3) is 0.867. The van der Waals surface area contributed by atoms with E-state index in [-0.39, 0.29) is 0 Å². The first kappa shape index (κ1) is 30.4. The molecule has 0 aromatic rings. The van der Waals surface area contributed by atoms with Gasteiger partial charge in [0, 0.05) is 0 Å². The van der Waals surface area contributed by atoms with Crippen molar-refractivity contribution in [2.24, 2.45) is 0 Å². The minimum absolute atomic E-state index is 0.352. The van der Waals surface area contributed by atoms with Crippen LogP contribution in [0.25, 0.3) is 0 Å². The summed E-state index contributed by atoms with van der Waals surface area (Å²) in [5.74, 6) is 0. The number of rotatable bonds is 26. The van der Waals surface area contributed by atoms with Crippen molar-refractivity contribution in [1.82, 2.24) is 0 Å². The maximum absolute atomic E-state index is 6.53. The second-order valence-electron chi connectivity index (χ2n) is 9.66. The molecule has 0 spiro atoms. The van der Waals surface area contributed by atoms with Crippen molar-refractivity contribution in [2.75, 3.05) is 0 Å². The number of ether oxygens (including phenoxy) is 1. The largest absolute Gasteiger partial charge is 0.374 e. The predicted octanol–water partition coefficient (Wildman–Crippen LogP) is 10.7. The van der Waals surface area contributed by atoms with Crippen LogP contribution in [0, 0.1) is 0 Å². The summed E-state index contributed by atoms with van der Waals surface area (Å²) < 4.78 is 6.53. The van der Waals surface area contributed by atoms with E-state index >= 15 is 0 Å². The predicted molar refractivity (Wildman–Crippen MR) is 142 cm³/mol. The second-order valence-corrected chi connectivity index (χ2v) is 9.66. The van der Waals surface area contributed by atoms with Gasteiger partial charge < -0.3 is 4.74 Å². The van der Waals surface area contributed by atoms with E-state index in [1.165, 1.54) is 128 Å². The lowest BCUT2D eigenvalue weighted by Gasteiger charge is -2.24. The molecule has 2 atom stereocenters. The van der Waals surface area contributed by atoms with Crippen LogP contribution in [0.5, 0.6) is 0 Å². The van der Waals surface area contributed by atoms with E-state index in [9.17, 15) is 0 Å². The van der Waals surface area contributed by atoms with Gasteiger partial charge in [0.05, 0.1) is 12.2 Å². The van der Waals surface area contributed by atoms with Crippen LogP contribution >= 0.6 is 0 Å². The first-order valence-corrected chi connectivity index (χ1v) is 14.2. The van der Waals surface area contributed by atoms with E-state index in [4.69, 9.17) is 4.74 Å². The van der Waals surface area contributed by atoms with Gasteiger partial charge in [-0.25, -0.2) is 0 Å². The van der Waals surface area contributed by atoms with Gasteiger partial charge in [-0.05, 0) is 25.7 Å². The molecule has 0 amide bonds. The van der Waals surface area contributed by atoms with Gasteiger partial charge in [-0.15, -0.1) is 13.2 Å². The third kappa shape index (κ3) is 22.4. The minimum Gasteiger partial charge on any atom is -0.374 e. The molecule has 31 heavy (non-hydrogen) atoms. The van der Waals surface area contributed by atoms with Gasteiger partial charge in [-0.2, -0.15) is 0 Å². The van der Waals surface area contributed by atoms with E-state index in [1.54, 1.807) is 0 Å². The number of hydrogen-bond acceptors (Lipinski definition) is 1. The molecule has 0 aliphatic carbocycles. The Kier molecular flexibility index (Phi) is 25.2. The van der Waals surface area contributed by atoms with Gasteiger partial charge in [-0.1, -0.05) is 142 Å². The van der Waals surface area contributed by atoms with Crippen molar-refractivity contribution in [3.63, 3.8) is 0 Å². The van der Waals surface area contributed by atoms with Crippen LogP contribution in [0.4, 0.5) is 0 Å². The summed E-state index contributed by atoms with van der Waals surface area (Å²) in [4.78, 5) is 0. The van der Waals surface area contributed by atoms with E-state index in [2.05, 4.69) is 27.0 Å². The summed E-state index contributed by atoms with van der Waals surface area (Å²) >= 11 is 0. The van der Waals surface area contributed by atoms with Crippen LogP contribution in [-0.4, -0.2) is 12.2 Å². The van der Waals surface area contributed by atoms with Crippen molar-refractivity contribution in [2.45, 2.75) is 167 Å². The normalized spacial score (nSPS) is 13.2. The van der Waals surface area contributed by atoms with Crippen LogP contribution in [0.15, 0.2) is 25.3 Å². The average Bonchev–Trinajstić information content (AvgIpc) is 2.77. The molecule has 1 heteroatoms. The molecule has 2 unspecified atom stereocenters. The Morgan fingerprint density at radius 1 is 0.484 bits per heavy atom. The van der Waals surface area contributed by atoms with E-state index < -0.39 is 0 Å². The van der Waals surface area contributed by atoms with Gasteiger partial charge in [0.2, 0.25) is 0 Å².